The standard InChI is InChI=1S/C18H18F2N4O3/c1-4-24-8-15(10(2)22-24)21-18(25)17-13(11(3)27-23-17)9-26-16-6-5-12(19)7-14(16)20/h5-8H,4,9H2,1-3H3,(H,21,25). The minimum absolute atomic E-state index is 0.0265. The number of ether oxygens (including phenoxy) is 1. The number of carbonyl (C=O) groups excluding carboxylic acids is 1. The number of hydrogen-bond donors (Lipinski definition) is 1. The molecule has 0 radical (unpaired) electrons. The molecule has 0 saturated heterocycles. The Morgan fingerprint density at radius 3 is 2.78 bits per heavy atom. The molecule has 27 heavy (non-hydrogen) atoms. The molecule has 1 aromatic carbocycles. The van der Waals surface area contributed by atoms with Gasteiger partial charge in [0.2, 0.25) is 0 Å². The van der Waals surface area contributed by atoms with Gasteiger partial charge in [-0.2, -0.15) is 5.10 Å². The first-order valence-corrected chi connectivity index (χ1v) is 8.27. The Hall–Kier alpha value is -3.23. The second-order valence-corrected chi connectivity index (χ2v) is 5.87. The molecule has 0 aliphatic heterocycles. The van der Waals surface area contributed by atoms with E-state index >= 15 is 0 Å². The third-order valence-corrected chi connectivity index (χ3v) is 3.98. The van der Waals surface area contributed by atoms with Crippen LogP contribution in [0.5, 0.6) is 5.75 Å². The van der Waals surface area contributed by atoms with Crippen molar-refractivity contribution in [3.63, 3.8) is 0 Å². The van der Waals surface area contributed by atoms with E-state index in [0.29, 0.717) is 29.2 Å². The molecule has 0 spiro atoms. The Kier molecular flexibility index (Phi) is 5.20. The molecule has 3 aromatic rings. The third-order valence-electron chi connectivity index (χ3n) is 3.98. The normalized spacial score (nSPS) is 10.9. The van der Waals surface area contributed by atoms with Gasteiger partial charge in [-0.05, 0) is 32.9 Å². The van der Waals surface area contributed by atoms with Crippen LogP contribution in [-0.4, -0.2) is 20.8 Å². The van der Waals surface area contributed by atoms with Gasteiger partial charge in [0, 0.05) is 18.8 Å². The van der Waals surface area contributed by atoms with Gasteiger partial charge in [-0.15, -0.1) is 0 Å². The van der Waals surface area contributed by atoms with Gasteiger partial charge in [-0.3, -0.25) is 9.48 Å². The molecule has 0 atom stereocenters. The number of carbonyl (C=O) groups is 1. The molecule has 0 aliphatic rings. The molecule has 0 unspecified atom stereocenters. The topological polar surface area (TPSA) is 82.2 Å². The van der Waals surface area contributed by atoms with Gasteiger partial charge in [0.25, 0.3) is 5.91 Å². The summed E-state index contributed by atoms with van der Waals surface area (Å²) in [6.07, 6.45) is 1.71. The van der Waals surface area contributed by atoms with Crippen LogP contribution in [0, 0.1) is 25.5 Å². The predicted molar refractivity (Wildman–Crippen MR) is 92.5 cm³/mol. The quantitative estimate of drug-likeness (QED) is 0.711. The van der Waals surface area contributed by atoms with E-state index in [1.54, 1.807) is 24.7 Å². The van der Waals surface area contributed by atoms with Crippen LogP contribution in [0.3, 0.4) is 0 Å². The van der Waals surface area contributed by atoms with Crippen molar-refractivity contribution in [2.75, 3.05) is 5.32 Å². The number of nitrogens with zero attached hydrogens (tertiary/aromatic N) is 3. The SMILES string of the molecule is CCn1cc(NC(=O)c2noc(C)c2COc2ccc(F)cc2F)c(C)n1. The summed E-state index contributed by atoms with van der Waals surface area (Å²) in [5, 5.41) is 10.8. The zero-order chi connectivity index (χ0) is 19.6. The largest absolute Gasteiger partial charge is 0.486 e. The van der Waals surface area contributed by atoms with Crippen molar-refractivity contribution in [1.29, 1.82) is 0 Å². The Morgan fingerprint density at radius 1 is 1.33 bits per heavy atom. The summed E-state index contributed by atoms with van der Waals surface area (Å²) in [5.74, 6) is -1.81. The van der Waals surface area contributed by atoms with E-state index in [1.165, 1.54) is 6.07 Å². The average molecular weight is 376 g/mol. The first-order chi connectivity index (χ1) is 12.9. The predicted octanol–water partition coefficient (Wildman–Crippen LogP) is 3.62. The zero-order valence-electron chi connectivity index (χ0n) is 15.0. The van der Waals surface area contributed by atoms with Crippen molar-refractivity contribution in [2.24, 2.45) is 0 Å². The molecule has 3 rings (SSSR count). The van der Waals surface area contributed by atoms with E-state index in [9.17, 15) is 13.6 Å². The van der Waals surface area contributed by atoms with Gasteiger partial charge in [-0.1, -0.05) is 5.16 Å². The molecular formula is C18H18F2N4O3. The van der Waals surface area contributed by atoms with Crippen LogP contribution in [0.2, 0.25) is 0 Å². The Labute approximate surface area is 153 Å². The minimum Gasteiger partial charge on any atom is -0.486 e. The zero-order valence-corrected chi connectivity index (χ0v) is 15.0. The van der Waals surface area contributed by atoms with Crippen LogP contribution >= 0.6 is 0 Å². The molecule has 0 fully saturated rings. The molecule has 142 valence electrons. The highest BCUT2D eigenvalue weighted by Crippen LogP contribution is 2.22. The molecule has 2 heterocycles. The summed E-state index contributed by atoms with van der Waals surface area (Å²) in [6, 6.07) is 2.98. The van der Waals surface area contributed by atoms with Crippen LogP contribution in [0.15, 0.2) is 28.9 Å². The fraction of sp³-hybridized carbons (Fsp3) is 0.278. The van der Waals surface area contributed by atoms with E-state index in [0.717, 1.165) is 12.1 Å². The van der Waals surface area contributed by atoms with E-state index in [2.05, 4.69) is 15.6 Å². The van der Waals surface area contributed by atoms with Crippen LogP contribution in [0.1, 0.15) is 34.4 Å². The fourth-order valence-electron chi connectivity index (χ4n) is 2.47. The minimum atomic E-state index is -0.835. The number of halogens is 2. The third kappa shape index (κ3) is 3.97. The van der Waals surface area contributed by atoms with Crippen molar-refractivity contribution < 1.29 is 22.8 Å². The van der Waals surface area contributed by atoms with Crippen molar-refractivity contribution in [3.05, 3.63) is 58.7 Å². The summed E-state index contributed by atoms with van der Waals surface area (Å²) >= 11 is 0. The van der Waals surface area contributed by atoms with Crippen molar-refractivity contribution in [1.82, 2.24) is 14.9 Å². The second kappa shape index (κ2) is 7.56. The summed E-state index contributed by atoms with van der Waals surface area (Å²) in [4.78, 5) is 12.6. The highest BCUT2D eigenvalue weighted by molar-refractivity contribution is 6.04. The number of hydrogen-bond acceptors (Lipinski definition) is 5. The molecule has 7 nitrogen and oxygen atoms in total. The van der Waals surface area contributed by atoms with Gasteiger partial charge in [0.05, 0.1) is 16.9 Å². The second-order valence-electron chi connectivity index (χ2n) is 5.87. The van der Waals surface area contributed by atoms with Crippen LogP contribution in [0.4, 0.5) is 14.5 Å². The summed E-state index contributed by atoms with van der Waals surface area (Å²) in [7, 11) is 0. The average Bonchev–Trinajstić information content (AvgIpc) is 3.17. The number of benzene rings is 1. The molecule has 1 amide bonds. The number of rotatable bonds is 6. The van der Waals surface area contributed by atoms with E-state index in [1.807, 2.05) is 6.92 Å². The number of anilines is 1. The molecule has 0 aliphatic carbocycles. The maximum atomic E-state index is 13.7. The lowest BCUT2D eigenvalue weighted by Gasteiger charge is -2.08. The lowest BCUT2D eigenvalue weighted by atomic mass is 10.2. The maximum Gasteiger partial charge on any atom is 0.278 e. The summed E-state index contributed by atoms with van der Waals surface area (Å²) < 4.78 is 38.8. The van der Waals surface area contributed by atoms with Crippen molar-refractivity contribution >= 4 is 11.6 Å². The van der Waals surface area contributed by atoms with E-state index < -0.39 is 17.5 Å². The lowest BCUT2D eigenvalue weighted by molar-refractivity contribution is 0.101. The Bertz CT molecular complexity index is 981. The van der Waals surface area contributed by atoms with Gasteiger partial charge >= 0.3 is 0 Å². The first-order valence-electron chi connectivity index (χ1n) is 8.27. The number of aromatic nitrogens is 3. The first kappa shape index (κ1) is 18.6. The molecule has 2 aromatic heterocycles. The van der Waals surface area contributed by atoms with E-state index in [4.69, 9.17) is 9.26 Å². The Balaban J connectivity index is 1.77. The summed E-state index contributed by atoms with van der Waals surface area (Å²) in [6.45, 7) is 5.83. The number of aryl methyl sites for hydroxylation is 3. The molecule has 1 N–H and O–H groups in total. The number of nitrogens with one attached hydrogen (secondary N) is 1. The van der Waals surface area contributed by atoms with Crippen LogP contribution in [-0.2, 0) is 13.2 Å². The van der Waals surface area contributed by atoms with Gasteiger partial charge in [0.1, 0.15) is 18.2 Å². The molecular weight excluding hydrogens is 358 g/mol. The van der Waals surface area contributed by atoms with Crippen molar-refractivity contribution in [2.45, 2.75) is 33.9 Å². The van der Waals surface area contributed by atoms with Gasteiger partial charge in [-0.25, -0.2) is 8.78 Å². The summed E-state index contributed by atoms with van der Waals surface area (Å²) in [5.41, 5.74) is 1.62. The van der Waals surface area contributed by atoms with Gasteiger partial charge < -0.3 is 14.6 Å². The van der Waals surface area contributed by atoms with Crippen LogP contribution < -0.4 is 10.1 Å². The lowest BCUT2D eigenvalue weighted by Crippen LogP contribution is -2.15. The smallest absolute Gasteiger partial charge is 0.278 e. The highest BCUT2D eigenvalue weighted by Gasteiger charge is 2.22. The van der Waals surface area contributed by atoms with Gasteiger partial charge in [0.15, 0.2) is 17.3 Å². The van der Waals surface area contributed by atoms with Crippen molar-refractivity contribution in [3.8, 4) is 5.75 Å². The van der Waals surface area contributed by atoms with Crippen LogP contribution in [0.25, 0.3) is 0 Å². The monoisotopic (exact) mass is 376 g/mol. The fourth-order valence-corrected chi connectivity index (χ4v) is 2.47. The number of amides is 1. The molecule has 0 bridgehead atoms. The highest BCUT2D eigenvalue weighted by atomic mass is 19.1. The Morgan fingerprint density at radius 2 is 2.11 bits per heavy atom. The van der Waals surface area contributed by atoms with E-state index in [-0.39, 0.29) is 18.1 Å². The molecule has 0 saturated carbocycles. The maximum absolute atomic E-state index is 13.7. The molecule has 9 heteroatoms.